The summed E-state index contributed by atoms with van der Waals surface area (Å²) in [6.45, 7) is 2.77. The third-order valence-corrected chi connectivity index (χ3v) is 3.48. The van der Waals surface area contributed by atoms with Crippen molar-refractivity contribution in [2.75, 3.05) is 13.1 Å². The number of azide groups is 1. The number of carboxylic acid groups (broad SMARTS) is 1. The average molecular weight is 327 g/mol. The highest BCUT2D eigenvalue weighted by Gasteiger charge is 2.19. The molecular formula is C12H15BrN4O2. The number of hydrogen-bond donors (Lipinski definition) is 2. The smallest absolute Gasteiger partial charge is 0.325 e. The second kappa shape index (κ2) is 7.78. The Morgan fingerprint density at radius 1 is 1.63 bits per heavy atom. The maximum absolute atomic E-state index is 11.3. The molecule has 19 heavy (non-hydrogen) atoms. The van der Waals surface area contributed by atoms with E-state index < -0.39 is 12.0 Å². The van der Waals surface area contributed by atoms with E-state index in [9.17, 15) is 9.90 Å². The third-order valence-electron chi connectivity index (χ3n) is 2.62. The standard InChI is InChI=1S/C12H15BrN4O2/c1-8-3-4-9(7-10(8)13)11(12(18)19)15-5-2-6-16-17-14/h3-4,7,11,15H,2,5-6H2,1H3,(H,18,19). The second-order valence-electron chi connectivity index (χ2n) is 4.04. The van der Waals surface area contributed by atoms with E-state index >= 15 is 0 Å². The molecule has 1 unspecified atom stereocenters. The lowest BCUT2D eigenvalue weighted by atomic mass is 10.1. The van der Waals surface area contributed by atoms with Crippen molar-refractivity contribution in [1.29, 1.82) is 0 Å². The van der Waals surface area contributed by atoms with Crippen molar-refractivity contribution >= 4 is 21.9 Å². The van der Waals surface area contributed by atoms with Crippen molar-refractivity contribution < 1.29 is 9.90 Å². The minimum atomic E-state index is -0.931. The molecule has 1 atom stereocenters. The lowest BCUT2D eigenvalue weighted by molar-refractivity contribution is -0.139. The lowest BCUT2D eigenvalue weighted by Gasteiger charge is -2.15. The van der Waals surface area contributed by atoms with Crippen LogP contribution in [0.1, 0.15) is 23.6 Å². The maximum Gasteiger partial charge on any atom is 0.325 e. The Labute approximate surface area is 119 Å². The van der Waals surface area contributed by atoms with Gasteiger partial charge in [-0.1, -0.05) is 33.2 Å². The Hall–Kier alpha value is -1.56. The zero-order valence-electron chi connectivity index (χ0n) is 10.5. The molecule has 1 aromatic carbocycles. The molecule has 0 aliphatic carbocycles. The Bertz CT molecular complexity index is 501. The highest BCUT2D eigenvalue weighted by atomic mass is 79.9. The zero-order chi connectivity index (χ0) is 14.3. The van der Waals surface area contributed by atoms with Gasteiger partial charge >= 0.3 is 5.97 Å². The van der Waals surface area contributed by atoms with Crippen molar-refractivity contribution in [2.45, 2.75) is 19.4 Å². The first-order chi connectivity index (χ1) is 9.06. The van der Waals surface area contributed by atoms with Crippen molar-refractivity contribution in [1.82, 2.24) is 5.32 Å². The molecular weight excluding hydrogens is 312 g/mol. The number of aryl methyl sites for hydroxylation is 1. The lowest BCUT2D eigenvalue weighted by Crippen LogP contribution is -2.29. The van der Waals surface area contributed by atoms with Crippen LogP contribution in [0.5, 0.6) is 0 Å². The van der Waals surface area contributed by atoms with E-state index in [4.69, 9.17) is 5.53 Å². The summed E-state index contributed by atoms with van der Waals surface area (Å²) in [5.74, 6) is -0.931. The number of carbonyl (C=O) groups is 1. The summed E-state index contributed by atoms with van der Waals surface area (Å²) in [5.41, 5.74) is 9.88. The molecule has 0 saturated heterocycles. The van der Waals surface area contributed by atoms with Crippen LogP contribution < -0.4 is 5.32 Å². The summed E-state index contributed by atoms with van der Waals surface area (Å²) in [5, 5.41) is 15.6. The fraction of sp³-hybridized carbons (Fsp3) is 0.417. The molecule has 0 aliphatic heterocycles. The van der Waals surface area contributed by atoms with Crippen LogP contribution >= 0.6 is 15.9 Å². The Balaban J connectivity index is 2.69. The van der Waals surface area contributed by atoms with E-state index in [0.717, 1.165) is 10.0 Å². The van der Waals surface area contributed by atoms with E-state index in [1.807, 2.05) is 13.0 Å². The van der Waals surface area contributed by atoms with E-state index in [2.05, 4.69) is 31.3 Å². The normalized spacial score (nSPS) is 11.7. The fourth-order valence-electron chi connectivity index (χ4n) is 1.58. The zero-order valence-corrected chi connectivity index (χ0v) is 12.1. The number of aliphatic carboxylic acids is 1. The van der Waals surface area contributed by atoms with Gasteiger partial charge in [0.2, 0.25) is 0 Å². The van der Waals surface area contributed by atoms with E-state index in [1.165, 1.54) is 0 Å². The molecule has 7 heteroatoms. The van der Waals surface area contributed by atoms with Crippen molar-refractivity contribution in [3.8, 4) is 0 Å². The number of halogens is 1. The number of nitrogens with one attached hydrogen (secondary N) is 1. The summed E-state index contributed by atoms with van der Waals surface area (Å²) < 4.78 is 0.882. The number of rotatable bonds is 7. The van der Waals surface area contributed by atoms with Crippen LogP contribution in [0.15, 0.2) is 27.8 Å². The van der Waals surface area contributed by atoms with Gasteiger partial charge in [-0.2, -0.15) is 0 Å². The van der Waals surface area contributed by atoms with Crippen LogP contribution in [0.3, 0.4) is 0 Å². The molecule has 1 aromatic rings. The van der Waals surface area contributed by atoms with Gasteiger partial charge in [0.05, 0.1) is 0 Å². The van der Waals surface area contributed by atoms with Gasteiger partial charge in [0, 0.05) is 15.9 Å². The Morgan fingerprint density at radius 3 is 2.95 bits per heavy atom. The molecule has 102 valence electrons. The van der Waals surface area contributed by atoms with Crippen LogP contribution in [0, 0.1) is 6.92 Å². The quantitative estimate of drug-likeness (QED) is 0.348. The topological polar surface area (TPSA) is 98.1 Å². The first-order valence-corrected chi connectivity index (χ1v) is 6.58. The molecule has 0 heterocycles. The fourth-order valence-corrected chi connectivity index (χ4v) is 1.97. The summed E-state index contributed by atoms with van der Waals surface area (Å²) in [7, 11) is 0. The molecule has 6 nitrogen and oxygen atoms in total. The molecule has 0 aliphatic rings. The van der Waals surface area contributed by atoms with Crippen molar-refractivity contribution in [3.63, 3.8) is 0 Å². The highest BCUT2D eigenvalue weighted by molar-refractivity contribution is 9.10. The minimum Gasteiger partial charge on any atom is -0.480 e. The van der Waals surface area contributed by atoms with Gasteiger partial charge in [-0.15, -0.1) is 0 Å². The van der Waals surface area contributed by atoms with E-state index in [-0.39, 0.29) is 0 Å². The van der Waals surface area contributed by atoms with Gasteiger partial charge in [-0.25, -0.2) is 0 Å². The molecule has 0 saturated carbocycles. The molecule has 2 N–H and O–H groups in total. The monoisotopic (exact) mass is 326 g/mol. The van der Waals surface area contributed by atoms with Gasteiger partial charge in [0.25, 0.3) is 0 Å². The van der Waals surface area contributed by atoms with E-state index in [0.29, 0.717) is 25.1 Å². The summed E-state index contributed by atoms with van der Waals surface area (Å²) in [6.07, 6.45) is 0.598. The average Bonchev–Trinajstić information content (AvgIpc) is 2.37. The maximum atomic E-state index is 11.3. The molecule has 0 fully saturated rings. The van der Waals surface area contributed by atoms with Gasteiger partial charge < -0.3 is 10.4 Å². The molecule has 0 aromatic heterocycles. The SMILES string of the molecule is Cc1ccc(C(NCCCN=[N+]=[N-])C(=O)O)cc1Br. The number of benzene rings is 1. The van der Waals surface area contributed by atoms with Gasteiger partial charge in [0.1, 0.15) is 6.04 Å². The predicted molar refractivity (Wildman–Crippen MR) is 75.9 cm³/mol. The predicted octanol–water partition coefficient (Wildman–Crippen LogP) is 3.17. The third kappa shape index (κ3) is 4.90. The van der Waals surface area contributed by atoms with Crippen LogP contribution in [0.2, 0.25) is 0 Å². The molecule has 0 radical (unpaired) electrons. The summed E-state index contributed by atoms with van der Waals surface area (Å²) >= 11 is 3.39. The largest absolute Gasteiger partial charge is 0.480 e. The number of nitrogens with zero attached hydrogens (tertiary/aromatic N) is 3. The van der Waals surface area contributed by atoms with Crippen LogP contribution in [0.25, 0.3) is 10.4 Å². The van der Waals surface area contributed by atoms with Crippen LogP contribution in [0.4, 0.5) is 0 Å². The van der Waals surface area contributed by atoms with Crippen molar-refractivity contribution in [3.05, 3.63) is 44.2 Å². The summed E-state index contributed by atoms with van der Waals surface area (Å²) in [4.78, 5) is 13.9. The molecule has 0 spiro atoms. The van der Waals surface area contributed by atoms with Gasteiger partial charge in [-0.05, 0) is 42.6 Å². The second-order valence-corrected chi connectivity index (χ2v) is 4.90. The van der Waals surface area contributed by atoms with Crippen molar-refractivity contribution in [2.24, 2.45) is 5.11 Å². The Kier molecular flexibility index (Phi) is 6.35. The molecule has 0 bridgehead atoms. The van der Waals surface area contributed by atoms with Crippen LogP contribution in [-0.2, 0) is 4.79 Å². The van der Waals surface area contributed by atoms with E-state index in [1.54, 1.807) is 12.1 Å². The van der Waals surface area contributed by atoms with Crippen LogP contribution in [-0.4, -0.2) is 24.2 Å². The molecule has 1 rings (SSSR count). The number of hydrogen-bond acceptors (Lipinski definition) is 3. The number of carboxylic acids is 1. The summed E-state index contributed by atoms with van der Waals surface area (Å²) in [6, 6.07) is 4.70. The first-order valence-electron chi connectivity index (χ1n) is 5.79. The molecule has 0 amide bonds. The highest BCUT2D eigenvalue weighted by Crippen LogP contribution is 2.22. The first kappa shape index (κ1) is 15.5. The van der Waals surface area contributed by atoms with Gasteiger partial charge in [0.15, 0.2) is 0 Å². The Morgan fingerprint density at radius 2 is 2.37 bits per heavy atom. The minimum absolute atomic E-state index is 0.355. The van der Waals surface area contributed by atoms with Gasteiger partial charge in [-0.3, -0.25) is 4.79 Å².